The van der Waals surface area contributed by atoms with E-state index in [1.807, 2.05) is 24.4 Å². The van der Waals surface area contributed by atoms with E-state index in [2.05, 4.69) is 22.4 Å². The molecule has 2 heterocycles. The fourth-order valence-electron chi connectivity index (χ4n) is 2.06. The van der Waals surface area contributed by atoms with Gasteiger partial charge in [0, 0.05) is 12.8 Å². The molecule has 1 aromatic carbocycles. The Morgan fingerprint density at radius 3 is 2.76 bits per heavy atom. The van der Waals surface area contributed by atoms with Crippen LogP contribution < -0.4 is 5.32 Å². The van der Waals surface area contributed by atoms with Crippen LogP contribution in [0, 0.1) is 5.92 Å². The Kier molecular flexibility index (Phi) is 2.92. The van der Waals surface area contributed by atoms with Crippen molar-refractivity contribution >= 4 is 0 Å². The molecule has 0 aliphatic carbocycles. The van der Waals surface area contributed by atoms with Gasteiger partial charge in [-0.05, 0) is 24.6 Å². The summed E-state index contributed by atoms with van der Waals surface area (Å²) in [5, 5.41) is 3.26. The van der Waals surface area contributed by atoms with Crippen molar-refractivity contribution in [2.75, 3.05) is 13.1 Å². The highest BCUT2D eigenvalue weighted by molar-refractivity contribution is 5.19. The van der Waals surface area contributed by atoms with Crippen molar-refractivity contribution in [2.45, 2.75) is 12.8 Å². The van der Waals surface area contributed by atoms with Crippen LogP contribution in [0.1, 0.15) is 17.2 Å². The fraction of sp³-hybridized carbons (Fsp3) is 0.357. The summed E-state index contributed by atoms with van der Waals surface area (Å²) in [6.45, 7) is 2.19. The van der Waals surface area contributed by atoms with Crippen molar-refractivity contribution in [3.8, 4) is 0 Å². The number of nitrogens with zero attached hydrogens (tertiary/aromatic N) is 1. The molecule has 3 nitrogen and oxygen atoms in total. The van der Waals surface area contributed by atoms with E-state index in [4.69, 9.17) is 4.42 Å². The molecule has 0 amide bonds. The third-order valence-corrected chi connectivity index (χ3v) is 3.15. The summed E-state index contributed by atoms with van der Waals surface area (Å²) in [6.07, 6.45) is 3.65. The molecule has 2 aromatic rings. The van der Waals surface area contributed by atoms with Crippen LogP contribution in [-0.2, 0) is 12.8 Å². The largest absolute Gasteiger partial charge is 0.445 e. The Bertz CT molecular complexity index is 474. The number of nitrogens with one attached hydrogen (secondary N) is 1. The number of rotatable bonds is 4. The molecule has 0 atom stereocenters. The Balaban J connectivity index is 1.64. The normalized spacial score (nSPS) is 15.8. The van der Waals surface area contributed by atoms with Gasteiger partial charge in [0.25, 0.3) is 0 Å². The lowest BCUT2D eigenvalue weighted by Crippen LogP contribution is -2.43. The van der Waals surface area contributed by atoms with E-state index in [0.717, 1.165) is 37.6 Å². The molecule has 17 heavy (non-hydrogen) atoms. The summed E-state index contributed by atoms with van der Waals surface area (Å²) >= 11 is 0. The van der Waals surface area contributed by atoms with Crippen LogP contribution in [0.15, 0.2) is 40.9 Å². The van der Waals surface area contributed by atoms with Crippen LogP contribution in [0.4, 0.5) is 0 Å². The van der Waals surface area contributed by atoms with Gasteiger partial charge in [0.15, 0.2) is 5.89 Å². The Morgan fingerprint density at radius 1 is 1.24 bits per heavy atom. The molecule has 0 bridgehead atoms. The van der Waals surface area contributed by atoms with Gasteiger partial charge in [-0.2, -0.15) is 0 Å². The second-order valence-corrected chi connectivity index (χ2v) is 4.61. The van der Waals surface area contributed by atoms with E-state index < -0.39 is 0 Å². The lowest BCUT2D eigenvalue weighted by Gasteiger charge is -2.25. The predicted molar refractivity (Wildman–Crippen MR) is 65.8 cm³/mol. The van der Waals surface area contributed by atoms with E-state index in [0.29, 0.717) is 5.92 Å². The Morgan fingerprint density at radius 2 is 2.06 bits per heavy atom. The minimum atomic E-state index is 0.707. The summed E-state index contributed by atoms with van der Waals surface area (Å²) in [5.41, 5.74) is 1.26. The molecular formula is C14H16N2O. The first-order chi connectivity index (χ1) is 8.40. The molecule has 88 valence electrons. The first-order valence-electron chi connectivity index (χ1n) is 6.08. The van der Waals surface area contributed by atoms with Gasteiger partial charge in [-0.3, -0.25) is 0 Å². The van der Waals surface area contributed by atoms with Crippen molar-refractivity contribution in [1.82, 2.24) is 10.3 Å². The van der Waals surface area contributed by atoms with Crippen LogP contribution in [0.3, 0.4) is 0 Å². The molecule has 0 radical (unpaired) electrons. The minimum absolute atomic E-state index is 0.707. The van der Waals surface area contributed by atoms with Crippen molar-refractivity contribution < 1.29 is 4.42 Å². The molecule has 1 aromatic heterocycles. The maximum Gasteiger partial charge on any atom is 0.194 e. The zero-order chi connectivity index (χ0) is 11.5. The second kappa shape index (κ2) is 4.72. The van der Waals surface area contributed by atoms with Gasteiger partial charge in [0.05, 0.1) is 6.20 Å². The fourth-order valence-corrected chi connectivity index (χ4v) is 2.06. The molecule has 1 saturated heterocycles. The van der Waals surface area contributed by atoms with E-state index in [-0.39, 0.29) is 0 Å². The highest BCUT2D eigenvalue weighted by Gasteiger charge is 2.19. The van der Waals surface area contributed by atoms with Crippen molar-refractivity contribution in [2.24, 2.45) is 5.92 Å². The van der Waals surface area contributed by atoms with Gasteiger partial charge in [0.2, 0.25) is 0 Å². The standard InChI is InChI=1S/C14H16N2O/c1-2-4-11(5-3-1)6-13-10-16-14(17-13)7-12-8-15-9-12/h1-5,10,12,15H,6-9H2. The SMILES string of the molecule is c1ccc(Cc2cnc(CC3CNC3)o2)cc1. The van der Waals surface area contributed by atoms with Gasteiger partial charge >= 0.3 is 0 Å². The number of oxazole rings is 1. The molecule has 3 heteroatoms. The highest BCUT2D eigenvalue weighted by atomic mass is 16.4. The summed E-state index contributed by atoms with van der Waals surface area (Å²) in [5.74, 6) is 2.54. The van der Waals surface area contributed by atoms with Crippen LogP contribution in [-0.4, -0.2) is 18.1 Å². The van der Waals surface area contributed by atoms with Gasteiger partial charge in [-0.25, -0.2) is 4.98 Å². The van der Waals surface area contributed by atoms with Crippen molar-refractivity contribution in [3.63, 3.8) is 0 Å². The topological polar surface area (TPSA) is 38.1 Å². The number of aromatic nitrogens is 1. The zero-order valence-electron chi connectivity index (χ0n) is 9.73. The Hall–Kier alpha value is -1.61. The van der Waals surface area contributed by atoms with Gasteiger partial charge < -0.3 is 9.73 Å². The van der Waals surface area contributed by atoms with E-state index in [1.54, 1.807) is 0 Å². The summed E-state index contributed by atoms with van der Waals surface area (Å²) in [7, 11) is 0. The molecule has 1 N–H and O–H groups in total. The molecular weight excluding hydrogens is 212 g/mol. The van der Waals surface area contributed by atoms with Crippen LogP contribution in [0.5, 0.6) is 0 Å². The third kappa shape index (κ3) is 2.56. The maximum absolute atomic E-state index is 5.76. The molecule has 3 rings (SSSR count). The average molecular weight is 228 g/mol. The quantitative estimate of drug-likeness (QED) is 0.870. The molecule has 0 saturated carbocycles. The zero-order valence-corrected chi connectivity index (χ0v) is 9.73. The van der Waals surface area contributed by atoms with E-state index >= 15 is 0 Å². The van der Waals surface area contributed by atoms with E-state index in [9.17, 15) is 0 Å². The molecule has 0 spiro atoms. The summed E-state index contributed by atoms with van der Waals surface area (Å²) in [6, 6.07) is 10.3. The molecule has 1 aliphatic heterocycles. The molecule has 1 aliphatic rings. The first-order valence-corrected chi connectivity index (χ1v) is 6.08. The summed E-state index contributed by atoms with van der Waals surface area (Å²) < 4.78 is 5.76. The lowest BCUT2D eigenvalue weighted by molar-refractivity contribution is 0.314. The first kappa shape index (κ1) is 10.5. The lowest BCUT2D eigenvalue weighted by atomic mass is 10.00. The number of benzene rings is 1. The number of hydrogen-bond acceptors (Lipinski definition) is 3. The van der Waals surface area contributed by atoms with Crippen LogP contribution >= 0.6 is 0 Å². The highest BCUT2D eigenvalue weighted by Crippen LogP contribution is 2.15. The smallest absolute Gasteiger partial charge is 0.194 e. The van der Waals surface area contributed by atoms with Crippen molar-refractivity contribution in [3.05, 3.63) is 53.7 Å². The van der Waals surface area contributed by atoms with Gasteiger partial charge in [-0.15, -0.1) is 0 Å². The Labute approximate surface area is 101 Å². The van der Waals surface area contributed by atoms with Gasteiger partial charge in [0.1, 0.15) is 5.76 Å². The van der Waals surface area contributed by atoms with Crippen LogP contribution in [0.25, 0.3) is 0 Å². The van der Waals surface area contributed by atoms with Crippen LogP contribution in [0.2, 0.25) is 0 Å². The number of hydrogen-bond donors (Lipinski definition) is 1. The van der Waals surface area contributed by atoms with Gasteiger partial charge in [-0.1, -0.05) is 30.3 Å². The third-order valence-electron chi connectivity index (χ3n) is 3.15. The predicted octanol–water partition coefficient (Wildman–Crippen LogP) is 2.03. The molecule has 0 unspecified atom stereocenters. The summed E-state index contributed by atoms with van der Waals surface area (Å²) in [4.78, 5) is 4.34. The monoisotopic (exact) mass is 228 g/mol. The van der Waals surface area contributed by atoms with Crippen molar-refractivity contribution in [1.29, 1.82) is 0 Å². The second-order valence-electron chi connectivity index (χ2n) is 4.61. The molecule has 1 fully saturated rings. The average Bonchev–Trinajstić information content (AvgIpc) is 2.73. The maximum atomic E-state index is 5.76. The van der Waals surface area contributed by atoms with E-state index in [1.165, 1.54) is 5.56 Å². The minimum Gasteiger partial charge on any atom is -0.445 e.